The Bertz CT molecular complexity index is 405. The molecular formula is C10H14N4O3. The second-order valence-electron chi connectivity index (χ2n) is 3.46. The van der Waals surface area contributed by atoms with Crippen LogP contribution in [0.4, 0.5) is 5.82 Å². The SMILES string of the molecule is CCCN(CC(=O)O)c1ccc(C(N)=O)nn1. The summed E-state index contributed by atoms with van der Waals surface area (Å²) in [6, 6.07) is 2.96. The van der Waals surface area contributed by atoms with E-state index in [-0.39, 0.29) is 12.2 Å². The first-order valence-corrected chi connectivity index (χ1v) is 5.15. The number of nitrogens with zero attached hydrogens (tertiary/aromatic N) is 3. The minimum absolute atomic E-state index is 0.0560. The zero-order valence-corrected chi connectivity index (χ0v) is 9.46. The van der Waals surface area contributed by atoms with Crippen LogP contribution in [0, 0.1) is 0 Å². The fraction of sp³-hybridized carbons (Fsp3) is 0.400. The highest BCUT2D eigenvalue weighted by Crippen LogP contribution is 2.09. The summed E-state index contributed by atoms with van der Waals surface area (Å²) in [5.74, 6) is -1.19. The highest BCUT2D eigenvalue weighted by Gasteiger charge is 2.12. The van der Waals surface area contributed by atoms with Gasteiger partial charge in [0, 0.05) is 6.54 Å². The molecule has 92 valence electrons. The summed E-state index contributed by atoms with van der Waals surface area (Å²) in [5, 5.41) is 16.2. The predicted octanol–water partition coefficient (Wildman–Crippen LogP) is -0.124. The Labute approximate surface area is 98.2 Å². The van der Waals surface area contributed by atoms with E-state index in [0.717, 1.165) is 6.42 Å². The minimum atomic E-state index is -0.945. The summed E-state index contributed by atoms with van der Waals surface area (Å²) in [6.45, 7) is 2.33. The molecule has 0 saturated heterocycles. The third-order valence-corrected chi connectivity index (χ3v) is 2.05. The molecule has 0 spiro atoms. The van der Waals surface area contributed by atoms with Crippen LogP contribution in [0.25, 0.3) is 0 Å². The standard InChI is InChI=1S/C10H14N4O3/c1-2-5-14(6-9(15)16)8-4-3-7(10(11)17)12-13-8/h3-4H,2,5-6H2,1H3,(H2,11,17)(H,15,16). The van der Waals surface area contributed by atoms with Crippen LogP contribution < -0.4 is 10.6 Å². The van der Waals surface area contributed by atoms with E-state index in [1.165, 1.54) is 12.1 Å². The lowest BCUT2D eigenvalue weighted by Gasteiger charge is -2.20. The topological polar surface area (TPSA) is 109 Å². The molecule has 1 amide bonds. The Kier molecular flexibility index (Phi) is 4.38. The van der Waals surface area contributed by atoms with Gasteiger partial charge in [-0.3, -0.25) is 9.59 Å². The molecule has 17 heavy (non-hydrogen) atoms. The van der Waals surface area contributed by atoms with Gasteiger partial charge in [0.25, 0.3) is 5.91 Å². The molecule has 1 heterocycles. The molecule has 3 N–H and O–H groups in total. The summed E-state index contributed by atoms with van der Waals surface area (Å²) in [5.41, 5.74) is 5.09. The molecule has 0 fully saturated rings. The molecule has 1 aromatic rings. The number of aromatic nitrogens is 2. The average Bonchev–Trinajstić information content (AvgIpc) is 2.28. The number of carbonyl (C=O) groups excluding carboxylic acids is 1. The number of primary amides is 1. The van der Waals surface area contributed by atoms with Crippen molar-refractivity contribution >= 4 is 17.7 Å². The zero-order chi connectivity index (χ0) is 12.8. The van der Waals surface area contributed by atoms with Crippen LogP contribution in [0.15, 0.2) is 12.1 Å². The Morgan fingerprint density at radius 3 is 2.53 bits per heavy atom. The van der Waals surface area contributed by atoms with Gasteiger partial charge in [-0.05, 0) is 18.6 Å². The lowest BCUT2D eigenvalue weighted by atomic mass is 10.3. The number of carboxylic acids is 1. The summed E-state index contributed by atoms with van der Waals surface area (Å²) in [7, 11) is 0. The Morgan fingerprint density at radius 1 is 1.41 bits per heavy atom. The van der Waals surface area contributed by atoms with Crippen molar-refractivity contribution < 1.29 is 14.7 Å². The number of hydrogen-bond acceptors (Lipinski definition) is 5. The summed E-state index contributed by atoms with van der Waals surface area (Å²) < 4.78 is 0. The smallest absolute Gasteiger partial charge is 0.323 e. The Balaban J connectivity index is 2.86. The molecule has 0 aliphatic carbocycles. The van der Waals surface area contributed by atoms with Gasteiger partial charge in [0.1, 0.15) is 6.54 Å². The molecule has 0 aliphatic heterocycles. The van der Waals surface area contributed by atoms with Crippen LogP contribution in [0.5, 0.6) is 0 Å². The van der Waals surface area contributed by atoms with Gasteiger partial charge >= 0.3 is 5.97 Å². The first-order chi connectivity index (χ1) is 8.04. The number of amides is 1. The fourth-order valence-electron chi connectivity index (χ4n) is 1.33. The monoisotopic (exact) mass is 238 g/mol. The number of anilines is 1. The van der Waals surface area contributed by atoms with E-state index in [4.69, 9.17) is 10.8 Å². The van der Waals surface area contributed by atoms with Crippen molar-refractivity contribution in [1.82, 2.24) is 10.2 Å². The van der Waals surface area contributed by atoms with Gasteiger partial charge in [0.15, 0.2) is 11.5 Å². The summed E-state index contributed by atoms with van der Waals surface area (Å²) in [6.07, 6.45) is 0.784. The molecule has 0 radical (unpaired) electrons. The van der Waals surface area contributed by atoms with E-state index in [1.54, 1.807) is 4.90 Å². The van der Waals surface area contributed by atoms with Crippen LogP contribution >= 0.6 is 0 Å². The van der Waals surface area contributed by atoms with Crippen LogP contribution in [0.3, 0.4) is 0 Å². The third-order valence-electron chi connectivity index (χ3n) is 2.05. The van der Waals surface area contributed by atoms with Gasteiger partial charge < -0.3 is 15.7 Å². The molecule has 1 rings (SSSR count). The Hall–Kier alpha value is -2.18. The van der Waals surface area contributed by atoms with E-state index < -0.39 is 11.9 Å². The van der Waals surface area contributed by atoms with Crippen molar-refractivity contribution in [2.45, 2.75) is 13.3 Å². The molecule has 0 saturated carbocycles. The molecule has 0 unspecified atom stereocenters. The summed E-state index contributed by atoms with van der Waals surface area (Å²) in [4.78, 5) is 23.0. The van der Waals surface area contributed by atoms with Crippen molar-refractivity contribution in [3.63, 3.8) is 0 Å². The lowest BCUT2D eigenvalue weighted by Crippen LogP contribution is -2.31. The molecule has 0 atom stereocenters. The molecular weight excluding hydrogens is 224 g/mol. The van der Waals surface area contributed by atoms with Gasteiger partial charge in [-0.1, -0.05) is 6.92 Å². The van der Waals surface area contributed by atoms with E-state index in [2.05, 4.69) is 10.2 Å². The van der Waals surface area contributed by atoms with Gasteiger partial charge in [-0.25, -0.2) is 0 Å². The average molecular weight is 238 g/mol. The van der Waals surface area contributed by atoms with Gasteiger partial charge in [0.2, 0.25) is 0 Å². The number of aliphatic carboxylic acids is 1. The van der Waals surface area contributed by atoms with E-state index in [0.29, 0.717) is 12.4 Å². The second kappa shape index (κ2) is 5.78. The number of rotatable bonds is 6. The van der Waals surface area contributed by atoms with Crippen molar-refractivity contribution in [3.8, 4) is 0 Å². The quantitative estimate of drug-likeness (QED) is 0.714. The van der Waals surface area contributed by atoms with Crippen LogP contribution in [0.1, 0.15) is 23.8 Å². The highest BCUT2D eigenvalue weighted by atomic mass is 16.4. The van der Waals surface area contributed by atoms with E-state index in [9.17, 15) is 9.59 Å². The second-order valence-corrected chi connectivity index (χ2v) is 3.46. The van der Waals surface area contributed by atoms with Crippen molar-refractivity contribution in [1.29, 1.82) is 0 Å². The molecule has 0 aromatic carbocycles. The maximum atomic E-state index is 10.8. The summed E-state index contributed by atoms with van der Waals surface area (Å²) >= 11 is 0. The van der Waals surface area contributed by atoms with E-state index in [1.807, 2.05) is 6.92 Å². The molecule has 0 aliphatic rings. The van der Waals surface area contributed by atoms with Crippen molar-refractivity contribution in [2.75, 3.05) is 18.0 Å². The maximum Gasteiger partial charge on any atom is 0.323 e. The number of carboxylic acid groups (broad SMARTS) is 1. The highest BCUT2D eigenvalue weighted by molar-refractivity contribution is 5.90. The molecule has 0 bridgehead atoms. The predicted molar refractivity (Wildman–Crippen MR) is 60.7 cm³/mol. The molecule has 7 nitrogen and oxygen atoms in total. The van der Waals surface area contributed by atoms with Crippen molar-refractivity contribution in [3.05, 3.63) is 17.8 Å². The largest absolute Gasteiger partial charge is 0.480 e. The number of nitrogens with two attached hydrogens (primary N) is 1. The van der Waals surface area contributed by atoms with Crippen molar-refractivity contribution in [2.24, 2.45) is 5.73 Å². The molecule has 7 heteroatoms. The number of hydrogen-bond donors (Lipinski definition) is 2. The third kappa shape index (κ3) is 3.71. The van der Waals surface area contributed by atoms with Gasteiger partial charge in [-0.2, -0.15) is 0 Å². The van der Waals surface area contributed by atoms with Crippen LogP contribution in [-0.4, -0.2) is 40.3 Å². The first kappa shape index (κ1) is 12.9. The van der Waals surface area contributed by atoms with Crippen LogP contribution in [-0.2, 0) is 4.79 Å². The van der Waals surface area contributed by atoms with Gasteiger partial charge in [-0.15, -0.1) is 10.2 Å². The maximum absolute atomic E-state index is 10.8. The zero-order valence-electron chi connectivity index (χ0n) is 9.46. The molecule has 1 aromatic heterocycles. The number of carbonyl (C=O) groups is 2. The Morgan fingerprint density at radius 2 is 2.12 bits per heavy atom. The lowest BCUT2D eigenvalue weighted by molar-refractivity contribution is -0.135. The minimum Gasteiger partial charge on any atom is -0.480 e. The van der Waals surface area contributed by atoms with E-state index >= 15 is 0 Å². The van der Waals surface area contributed by atoms with Gasteiger partial charge in [0.05, 0.1) is 0 Å². The van der Waals surface area contributed by atoms with Crippen LogP contribution in [0.2, 0.25) is 0 Å². The normalized spacial score (nSPS) is 9.94. The fourth-order valence-corrected chi connectivity index (χ4v) is 1.33. The first-order valence-electron chi connectivity index (χ1n) is 5.15.